The molecule has 0 amide bonds. The number of nitrogens with zero attached hydrogens (tertiary/aromatic N) is 3. The van der Waals surface area contributed by atoms with E-state index in [1.807, 2.05) is 0 Å². The Bertz CT molecular complexity index is 440. The van der Waals surface area contributed by atoms with Crippen molar-refractivity contribution in [1.29, 1.82) is 0 Å². The molecular formula is C13H21ClN4O. The predicted molar refractivity (Wildman–Crippen MR) is 73.3 cm³/mol. The third-order valence-electron chi connectivity index (χ3n) is 4.62. The maximum absolute atomic E-state index is 5.32. The summed E-state index contributed by atoms with van der Waals surface area (Å²) < 4.78 is 5.32. The third-order valence-corrected chi connectivity index (χ3v) is 4.62. The Morgan fingerprint density at radius 1 is 1.37 bits per heavy atom. The average molecular weight is 285 g/mol. The molecule has 2 saturated heterocycles. The van der Waals surface area contributed by atoms with E-state index in [-0.39, 0.29) is 12.4 Å². The first-order chi connectivity index (χ1) is 8.83. The molecule has 0 bridgehead atoms. The largest absolute Gasteiger partial charge is 0.339 e. The minimum absolute atomic E-state index is 0. The number of aromatic nitrogens is 2. The van der Waals surface area contributed by atoms with E-state index >= 15 is 0 Å². The fourth-order valence-electron chi connectivity index (χ4n) is 3.33. The summed E-state index contributed by atoms with van der Waals surface area (Å²) in [6.45, 7) is 5.59. The number of hydrogen-bond acceptors (Lipinski definition) is 5. The highest BCUT2D eigenvalue weighted by Crippen LogP contribution is 2.39. The second-order valence-electron chi connectivity index (χ2n) is 6.21. The zero-order chi connectivity index (χ0) is 12.0. The van der Waals surface area contributed by atoms with Gasteiger partial charge >= 0.3 is 0 Å². The predicted octanol–water partition coefficient (Wildman–Crippen LogP) is 1.55. The molecule has 6 heteroatoms. The molecule has 19 heavy (non-hydrogen) atoms. The molecule has 3 heterocycles. The van der Waals surface area contributed by atoms with E-state index in [2.05, 4.69) is 20.4 Å². The van der Waals surface area contributed by atoms with Gasteiger partial charge in [0.15, 0.2) is 5.82 Å². The molecule has 106 valence electrons. The van der Waals surface area contributed by atoms with Crippen LogP contribution >= 0.6 is 12.4 Å². The number of likely N-dealkylation sites (tertiary alicyclic amines) is 1. The molecule has 5 nitrogen and oxygen atoms in total. The summed E-state index contributed by atoms with van der Waals surface area (Å²) in [7, 11) is 0. The fourth-order valence-corrected chi connectivity index (χ4v) is 3.33. The van der Waals surface area contributed by atoms with Crippen LogP contribution in [0.15, 0.2) is 4.52 Å². The normalized spacial score (nSPS) is 30.9. The molecule has 1 unspecified atom stereocenters. The van der Waals surface area contributed by atoms with E-state index in [4.69, 9.17) is 4.52 Å². The summed E-state index contributed by atoms with van der Waals surface area (Å²) in [5, 5.41) is 7.60. The summed E-state index contributed by atoms with van der Waals surface area (Å²) in [5.74, 6) is 2.30. The van der Waals surface area contributed by atoms with Crippen molar-refractivity contribution in [3.63, 3.8) is 0 Å². The van der Waals surface area contributed by atoms with E-state index in [0.717, 1.165) is 18.3 Å². The Morgan fingerprint density at radius 2 is 2.26 bits per heavy atom. The van der Waals surface area contributed by atoms with E-state index in [1.165, 1.54) is 51.9 Å². The molecule has 3 aliphatic rings. The van der Waals surface area contributed by atoms with E-state index in [0.29, 0.717) is 11.3 Å². The maximum atomic E-state index is 5.32. The minimum atomic E-state index is 0. The smallest absolute Gasteiger partial charge is 0.229 e. The topological polar surface area (TPSA) is 54.2 Å². The van der Waals surface area contributed by atoms with E-state index < -0.39 is 0 Å². The quantitative estimate of drug-likeness (QED) is 0.913. The highest BCUT2D eigenvalue weighted by Gasteiger charge is 2.40. The second kappa shape index (κ2) is 5.04. The molecule has 1 saturated carbocycles. The standard InChI is InChI=1S/C13H20N4O.ClH/c1-2-10(1)12-15-11(16-18-12)7-17-6-4-13(9-17)3-5-14-8-13;/h10,14H,1-9H2;1H. The Morgan fingerprint density at radius 3 is 3.00 bits per heavy atom. The van der Waals surface area contributed by atoms with Crippen LogP contribution in [0.5, 0.6) is 0 Å². The van der Waals surface area contributed by atoms with Gasteiger partial charge in [-0.2, -0.15) is 4.98 Å². The van der Waals surface area contributed by atoms with Crippen molar-refractivity contribution in [2.24, 2.45) is 5.41 Å². The molecule has 1 atom stereocenters. The molecule has 2 aliphatic heterocycles. The summed E-state index contributed by atoms with van der Waals surface area (Å²) >= 11 is 0. The SMILES string of the molecule is C1CC2(CCN(Cc3noc(C4CC4)n3)C2)CN1.Cl. The number of halogens is 1. The van der Waals surface area contributed by atoms with Crippen LogP contribution in [0.1, 0.15) is 43.3 Å². The Kier molecular flexibility index (Phi) is 3.53. The summed E-state index contributed by atoms with van der Waals surface area (Å²) in [6, 6.07) is 0. The van der Waals surface area contributed by atoms with Gasteiger partial charge in [-0.25, -0.2) is 0 Å². The van der Waals surface area contributed by atoms with Crippen molar-refractivity contribution in [3.05, 3.63) is 11.7 Å². The zero-order valence-corrected chi connectivity index (χ0v) is 11.9. The maximum Gasteiger partial charge on any atom is 0.229 e. The Balaban J connectivity index is 0.00000110. The van der Waals surface area contributed by atoms with Crippen LogP contribution in [0, 0.1) is 5.41 Å². The van der Waals surface area contributed by atoms with Crippen LogP contribution in [0.2, 0.25) is 0 Å². The van der Waals surface area contributed by atoms with Gasteiger partial charge in [0.05, 0.1) is 6.54 Å². The van der Waals surface area contributed by atoms with Crippen molar-refractivity contribution in [2.45, 2.75) is 38.1 Å². The summed E-state index contributed by atoms with van der Waals surface area (Å²) in [4.78, 5) is 7.00. The van der Waals surface area contributed by atoms with Crippen LogP contribution in [0.4, 0.5) is 0 Å². The van der Waals surface area contributed by atoms with Crippen molar-refractivity contribution < 1.29 is 4.52 Å². The van der Waals surface area contributed by atoms with Gasteiger partial charge in [0.2, 0.25) is 5.89 Å². The van der Waals surface area contributed by atoms with Crippen LogP contribution in [-0.2, 0) is 6.54 Å². The van der Waals surface area contributed by atoms with Crippen molar-refractivity contribution in [1.82, 2.24) is 20.4 Å². The highest BCUT2D eigenvalue weighted by atomic mass is 35.5. The van der Waals surface area contributed by atoms with Crippen LogP contribution in [-0.4, -0.2) is 41.2 Å². The first-order valence-electron chi connectivity index (χ1n) is 7.09. The van der Waals surface area contributed by atoms with Gasteiger partial charge < -0.3 is 9.84 Å². The first kappa shape index (κ1) is 13.3. The molecule has 4 rings (SSSR count). The fraction of sp³-hybridized carbons (Fsp3) is 0.846. The van der Waals surface area contributed by atoms with Gasteiger partial charge in [-0.05, 0) is 44.2 Å². The second-order valence-corrected chi connectivity index (χ2v) is 6.21. The van der Waals surface area contributed by atoms with Gasteiger partial charge in [-0.3, -0.25) is 4.90 Å². The lowest BCUT2D eigenvalue weighted by Gasteiger charge is -2.21. The van der Waals surface area contributed by atoms with E-state index in [9.17, 15) is 0 Å². The van der Waals surface area contributed by atoms with Gasteiger partial charge in [0.1, 0.15) is 0 Å². The molecule has 1 N–H and O–H groups in total. The van der Waals surface area contributed by atoms with Crippen LogP contribution in [0.25, 0.3) is 0 Å². The molecule has 1 spiro atoms. The molecule has 0 radical (unpaired) electrons. The Hall–Kier alpha value is -0.650. The molecule has 1 aromatic heterocycles. The summed E-state index contributed by atoms with van der Waals surface area (Å²) in [5.41, 5.74) is 0.531. The zero-order valence-electron chi connectivity index (χ0n) is 11.1. The lowest BCUT2D eigenvalue weighted by atomic mass is 9.87. The lowest BCUT2D eigenvalue weighted by Crippen LogP contribution is -2.29. The number of nitrogens with one attached hydrogen (secondary N) is 1. The molecule has 1 aromatic rings. The molecule has 1 aliphatic carbocycles. The molecule has 0 aromatic carbocycles. The van der Waals surface area contributed by atoms with Crippen LogP contribution in [0.3, 0.4) is 0 Å². The number of hydrogen-bond donors (Lipinski definition) is 1. The van der Waals surface area contributed by atoms with Crippen molar-refractivity contribution >= 4 is 12.4 Å². The van der Waals surface area contributed by atoms with Gasteiger partial charge in [-0.15, -0.1) is 12.4 Å². The number of rotatable bonds is 3. The van der Waals surface area contributed by atoms with Gasteiger partial charge in [0, 0.05) is 19.0 Å². The highest BCUT2D eigenvalue weighted by molar-refractivity contribution is 5.85. The van der Waals surface area contributed by atoms with E-state index in [1.54, 1.807) is 0 Å². The third kappa shape index (κ3) is 2.64. The molecular weight excluding hydrogens is 264 g/mol. The van der Waals surface area contributed by atoms with Crippen LogP contribution < -0.4 is 5.32 Å². The van der Waals surface area contributed by atoms with Gasteiger partial charge in [-0.1, -0.05) is 5.16 Å². The first-order valence-corrected chi connectivity index (χ1v) is 7.09. The monoisotopic (exact) mass is 284 g/mol. The Labute approximate surface area is 119 Å². The lowest BCUT2D eigenvalue weighted by molar-refractivity contribution is 0.260. The molecule has 3 fully saturated rings. The van der Waals surface area contributed by atoms with Crippen molar-refractivity contribution in [2.75, 3.05) is 26.2 Å². The minimum Gasteiger partial charge on any atom is -0.339 e. The van der Waals surface area contributed by atoms with Gasteiger partial charge in [0.25, 0.3) is 0 Å². The summed E-state index contributed by atoms with van der Waals surface area (Å²) in [6.07, 6.45) is 5.08. The van der Waals surface area contributed by atoms with Crippen molar-refractivity contribution in [3.8, 4) is 0 Å². The average Bonchev–Trinajstić information content (AvgIpc) is 2.81.